The van der Waals surface area contributed by atoms with Crippen LogP contribution in [0.15, 0.2) is 42.5 Å². The molecule has 0 aliphatic carbocycles. The number of amides is 1. The highest BCUT2D eigenvalue weighted by atomic mass is 19.1. The number of rotatable bonds is 7. The molecule has 2 aromatic carbocycles. The van der Waals surface area contributed by atoms with E-state index in [4.69, 9.17) is 9.47 Å². The molecule has 24 heavy (non-hydrogen) atoms. The van der Waals surface area contributed by atoms with E-state index in [0.717, 1.165) is 11.3 Å². The summed E-state index contributed by atoms with van der Waals surface area (Å²) in [5.74, 6) is 0.669. The third-order valence-corrected chi connectivity index (χ3v) is 3.49. The van der Waals surface area contributed by atoms with Gasteiger partial charge in [-0.2, -0.15) is 0 Å². The predicted octanol–water partition coefficient (Wildman–Crippen LogP) is 3.41. The first-order chi connectivity index (χ1) is 11.5. The lowest BCUT2D eigenvalue weighted by molar-refractivity contribution is -0.127. The Labute approximate surface area is 141 Å². The van der Waals surface area contributed by atoms with Gasteiger partial charge in [-0.3, -0.25) is 4.79 Å². The highest BCUT2D eigenvalue weighted by molar-refractivity contribution is 5.80. The summed E-state index contributed by atoms with van der Waals surface area (Å²) in [5.41, 5.74) is 2.24. The van der Waals surface area contributed by atoms with E-state index in [2.05, 4.69) is 5.32 Å². The topological polar surface area (TPSA) is 47.6 Å². The van der Waals surface area contributed by atoms with Crippen molar-refractivity contribution < 1.29 is 18.7 Å². The number of hydrogen-bond donors (Lipinski definition) is 1. The van der Waals surface area contributed by atoms with Gasteiger partial charge in [0.25, 0.3) is 5.91 Å². The first-order valence-electron chi connectivity index (χ1n) is 7.85. The molecule has 0 aliphatic rings. The molecule has 0 aliphatic heterocycles. The normalized spacial score (nSPS) is 11.7. The van der Waals surface area contributed by atoms with Gasteiger partial charge in [0.05, 0.1) is 6.54 Å². The van der Waals surface area contributed by atoms with Gasteiger partial charge in [0.15, 0.2) is 6.10 Å². The standard InChI is InChI=1S/C19H22FNO3/c1-13-4-9-18(14(2)12-13)23-11-10-21-19(22)15(3)24-17-7-5-16(20)6-8-17/h4-9,12,15H,10-11H2,1-3H3,(H,21,22)/t15-/m1/s1. The molecule has 0 unspecified atom stereocenters. The summed E-state index contributed by atoms with van der Waals surface area (Å²) in [6.45, 7) is 6.41. The lowest BCUT2D eigenvalue weighted by atomic mass is 10.1. The van der Waals surface area contributed by atoms with Gasteiger partial charge in [-0.25, -0.2) is 4.39 Å². The van der Waals surface area contributed by atoms with E-state index in [1.54, 1.807) is 6.92 Å². The summed E-state index contributed by atoms with van der Waals surface area (Å²) in [7, 11) is 0. The van der Waals surface area contributed by atoms with E-state index >= 15 is 0 Å². The zero-order valence-electron chi connectivity index (χ0n) is 14.1. The van der Waals surface area contributed by atoms with E-state index in [1.807, 2.05) is 32.0 Å². The van der Waals surface area contributed by atoms with Gasteiger partial charge >= 0.3 is 0 Å². The van der Waals surface area contributed by atoms with Crippen molar-refractivity contribution >= 4 is 5.91 Å². The molecular formula is C19H22FNO3. The number of carbonyl (C=O) groups excluding carboxylic acids is 1. The first kappa shape index (κ1) is 17.8. The van der Waals surface area contributed by atoms with Crippen molar-refractivity contribution in [2.24, 2.45) is 0 Å². The maximum absolute atomic E-state index is 12.8. The quantitative estimate of drug-likeness (QED) is 0.791. The van der Waals surface area contributed by atoms with Gasteiger partial charge in [0.1, 0.15) is 23.9 Å². The van der Waals surface area contributed by atoms with Gasteiger partial charge in [0.2, 0.25) is 0 Å². The summed E-state index contributed by atoms with van der Waals surface area (Å²) < 4.78 is 23.9. The summed E-state index contributed by atoms with van der Waals surface area (Å²) in [6, 6.07) is 11.5. The molecule has 2 aromatic rings. The van der Waals surface area contributed by atoms with Gasteiger partial charge in [-0.1, -0.05) is 17.7 Å². The Morgan fingerprint density at radius 2 is 1.88 bits per heavy atom. The number of ether oxygens (including phenoxy) is 2. The molecule has 0 fully saturated rings. The van der Waals surface area contributed by atoms with Crippen molar-refractivity contribution in [3.8, 4) is 11.5 Å². The zero-order chi connectivity index (χ0) is 17.5. The average molecular weight is 331 g/mol. The Bertz CT molecular complexity index is 686. The number of benzene rings is 2. The second-order valence-electron chi connectivity index (χ2n) is 5.62. The van der Waals surface area contributed by atoms with Gasteiger partial charge < -0.3 is 14.8 Å². The molecule has 0 saturated heterocycles. The molecule has 0 bridgehead atoms. The van der Waals surface area contributed by atoms with E-state index in [9.17, 15) is 9.18 Å². The minimum Gasteiger partial charge on any atom is -0.491 e. The van der Waals surface area contributed by atoms with Crippen LogP contribution in [0.3, 0.4) is 0 Å². The fourth-order valence-electron chi connectivity index (χ4n) is 2.21. The molecule has 1 N–H and O–H groups in total. The lowest BCUT2D eigenvalue weighted by Crippen LogP contribution is -2.38. The second kappa shape index (κ2) is 8.34. The van der Waals surface area contributed by atoms with Crippen LogP contribution in [0.5, 0.6) is 11.5 Å². The van der Waals surface area contributed by atoms with Crippen molar-refractivity contribution in [1.29, 1.82) is 0 Å². The smallest absolute Gasteiger partial charge is 0.260 e. The van der Waals surface area contributed by atoms with Gasteiger partial charge in [0, 0.05) is 0 Å². The fraction of sp³-hybridized carbons (Fsp3) is 0.316. The molecule has 4 nitrogen and oxygen atoms in total. The minimum absolute atomic E-state index is 0.247. The van der Waals surface area contributed by atoms with E-state index in [1.165, 1.54) is 29.8 Å². The van der Waals surface area contributed by atoms with Gasteiger partial charge in [-0.05, 0) is 56.7 Å². The number of nitrogens with one attached hydrogen (secondary N) is 1. The van der Waals surface area contributed by atoms with Crippen LogP contribution in [-0.2, 0) is 4.79 Å². The Balaban J connectivity index is 1.73. The maximum Gasteiger partial charge on any atom is 0.260 e. The monoisotopic (exact) mass is 331 g/mol. The Kier molecular flexibility index (Phi) is 6.18. The Morgan fingerprint density at radius 1 is 1.17 bits per heavy atom. The molecule has 1 amide bonds. The zero-order valence-corrected chi connectivity index (χ0v) is 14.1. The van der Waals surface area contributed by atoms with E-state index in [-0.39, 0.29) is 11.7 Å². The van der Waals surface area contributed by atoms with Crippen molar-refractivity contribution in [3.63, 3.8) is 0 Å². The van der Waals surface area contributed by atoms with Crippen LogP contribution in [0, 0.1) is 19.7 Å². The molecule has 5 heteroatoms. The highest BCUT2D eigenvalue weighted by Crippen LogP contribution is 2.18. The van der Waals surface area contributed by atoms with Crippen LogP contribution >= 0.6 is 0 Å². The fourth-order valence-corrected chi connectivity index (χ4v) is 2.21. The lowest BCUT2D eigenvalue weighted by Gasteiger charge is -2.15. The molecule has 0 saturated carbocycles. The molecule has 0 spiro atoms. The van der Waals surface area contributed by atoms with Crippen LogP contribution < -0.4 is 14.8 Å². The van der Waals surface area contributed by atoms with Crippen LogP contribution in [-0.4, -0.2) is 25.2 Å². The molecule has 0 heterocycles. The third-order valence-electron chi connectivity index (χ3n) is 3.49. The molecule has 2 rings (SSSR count). The second-order valence-corrected chi connectivity index (χ2v) is 5.62. The number of hydrogen-bond acceptors (Lipinski definition) is 3. The molecule has 0 aromatic heterocycles. The van der Waals surface area contributed by atoms with Crippen LogP contribution in [0.1, 0.15) is 18.1 Å². The van der Waals surface area contributed by atoms with Crippen molar-refractivity contribution in [2.75, 3.05) is 13.2 Å². The van der Waals surface area contributed by atoms with E-state index in [0.29, 0.717) is 18.9 Å². The SMILES string of the molecule is Cc1ccc(OCCNC(=O)[C@@H](C)Oc2ccc(F)cc2)c(C)c1. The summed E-state index contributed by atoms with van der Waals surface area (Å²) in [5, 5.41) is 2.75. The van der Waals surface area contributed by atoms with E-state index < -0.39 is 6.10 Å². The molecule has 128 valence electrons. The van der Waals surface area contributed by atoms with Crippen LogP contribution in [0.4, 0.5) is 4.39 Å². The first-order valence-corrected chi connectivity index (χ1v) is 7.85. The Morgan fingerprint density at radius 3 is 2.54 bits per heavy atom. The molecular weight excluding hydrogens is 309 g/mol. The van der Waals surface area contributed by atoms with Crippen molar-refractivity contribution in [2.45, 2.75) is 26.9 Å². The summed E-state index contributed by atoms with van der Waals surface area (Å²) in [6.07, 6.45) is -0.670. The van der Waals surface area contributed by atoms with Gasteiger partial charge in [-0.15, -0.1) is 0 Å². The Hall–Kier alpha value is -2.56. The van der Waals surface area contributed by atoms with Crippen LogP contribution in [0.25, 0.3) is 0 Å². The van der Waals surface area contributed by atoms with Crippen molar-refractivity contribution in [3.05, 3.63) is 59.4 Å². The summed E-state index contributed by atoms with van der Waals surface area (Å²) >= 11 is 0. The molecule has 0 radical (unpaired) electrons. The maximum atomic E-state index is 12.8. The highest BCUT2D eigenvalue weighted by Gasteiger charge is 2.14. The molecule has 1 atom stereocenters. The van der Waals surface area contributed by atoms with Crippen LogP contribution in [0.2, 0.25) is 0 Å². The average Bonchev–Trinajstić information content (AvgIpc) is 2.55. The minimum atomic E-state index is -0.670. The van der Waals surface area contributed by atoms with Crippen molar-refractivity contribution in [1.82, 2.24) is 5.32 Å². The predicted molar refractivity (Wildman–Crippen MR) is 90.9 cm³/mol. The number of aryl methyl sites for hydroxylation is 2. The summed E-state index contributed by atoms with van der Waals surface area (Å²) in [4.78, 5) is 12.0. The number of carbonyl (C=O) groups is 1. The largest absolute Gasteiger partial charge is 0.491 e. The number of halogens is 1. The third kappa shape index (κ3) is 5.26.